The van der Waals surface area contributed by atoms with Crippen molar-refractivity contribution in [2.24, 2.45) is 11.7 Å². The zero-order valence-electron chi connectivity index (χ0n) is 12.2. The number of nitrogens with two attached hydrogens (primary N) is 1. The molecule has 1 aliphatic carbocycles. The van der Waals surface area contributed by atoms with Crippen LogP contribution in [0.25, 0.3) is 0 Å². The van der Waals surface area contributed by atoms with Gasteiger partial charge in [0.1, 0.15) is 12.4 Å². The monoisotopic (exact) mass is 276 g/mol. The van der Waals surface area contributed by atoms with Crippen molar-refractivity contribution in [3.8, 4) is 0 Å². The minimum absolute atomic E-state index is 0.0967. The highest BCUT2D eigenvalue weighted by Crippen LogP contribution is 2.36. The van der Waals surface area contributed by atoms with Crippen molar-refractivity contribution < 1.29 is 9.53 Å². The van der Waals surface area contributed by atoms with Gasteiger partial charge in [-0.25, -0.2) is 0 Å². The molecule has 1 unspecified atom stereocenters. The quantitative estimate of drug-likeness (QED) is 0.851. The Morgan fingerprint density at radius 1 is 1.40 bits per heavy atom. The molecule has 1 saturated heterocycles. The molecule has 0 bridgehead atoms. The van der Waals surface area contributed by atoms with Crippen molar-refractivity contribution in [1.29, 1.82) is 0 Å². The largest absolute Gasteiger partial charge is 0.496 e. The highest BCUT2D eigenvalue weighted by atomic mass is 16.5. The molecule has 1 atom stereocenters. The molecule has 0 aromatic carbocycles. The van der Waals surface area contributed by atoms with Crippen LogP contribution in [0.3, 0.4) is 0 Å². The second kappa shape index (κ2) is 5.70. The van der Waals surface area contributed by atoms with Crippen molar-refractivity contribution in [1.82, 2.24) is 4.90 Å². The van der Waals surface area contributed by atoms with E-state index in [1.54, 1.807) is 6.26 Å². The van der Waals surface area contributed by atoms with E-state index in [2.05, 4.69) is 11.8 Å². The summed E-state index contributed by atoms with van der Waals surface area (Å²) in [6, 6.07) is 0.370. The minimum atomic E-state index is 0.0967. The Morgan fingerprint density at radius 3 is 2.90 bits per heavy atom. The Morgan fingerprint density at radius 2 is 2.15 bits per heavy atom. The lowest BCUT2D eigenvalue weighted by Gasteiger charge is -2.32. The number of nitrogens with zero attached hydrogens (tertiary/aromatic N) is 1. The number of carbonyl (C=O) groups excluding carboxylic acids is 1. The van der Waals surface area contributed by atoms with Gasteiger partial charge in [-0.1, -0.05) is 5.57 Å². The predicted octanol–water partition coefficient (Wildman–Crippen LogP) is 1.62. The summed E-state index contributed by atoms with van der Waals surface area (Å²) in [4.78, 5) is 14.8. The summed E-state index contributed by atoms with van der Waals surface area (Å²) >= 11 is 0. The normalized spacial score (nSPS) is 28.4. The fraction of sp³-hybridized carbons (Fsp3) is 0.688. The molecule has 1 fully saturated rings. The zero-order chi connectivity index (χ0) is 14.1. The van der Waals surface area contributed by atoms with Crippen LogP contribution in [0.15, 0.2) is 23.0 Å². The van der Waals surface area contributed by atoms with Crippen molar-refractivity contribution in [3.63, 3.8) is 0 Å². The Labute approximate surface area is 120 Å². The van der Waals surface area contributed by atoms with Gasteiger partial charge in [-0.3, -0.25) is 4.79 Å². The Balaban J connectivity index is 1.61. The maximum Gasteiger partial charge on any atom is 0.144 e. The molecule has 0 spiro atoms. The van der Waals surface area contributed by atoms with Gasteiger partial charge in [0, 0.05) is 24.0 Å². The van der Waals surface area contributed by atoms with E-state index in [-0.39, 0.29) is 5.92 Å². The third-order valence-corrected chi connectivity index (χ3v) is 4.96. The first kappa shape index (κ1) is 13.8. The summed E-state index contributed by atoms with van der Waals surface area (Å²) in [5.41, 5.74) is 9.54. The minimum Gasteiger partial charge on any atom is -0.496 e. The summed E-state index contributed by atoms with van der Waals surface area (Å²) in [5, 5.41) is 0. The highest BCUT2D eigenvalue weighted by Gasteiger charge is 2.32. The highest BCUT2D eigenvalue weighted by molar-refractivity contribution is 5.89. The number of rotatable bonds is 3. The third-order valence-electron chi connectivity index (χ3n) is 4.96. The van der Waals surface area contributed by atoms with Gasteiger partial charge in [0.05, 0.1) is 6.26 Å². The van der Waals surface area contributed by atoms with Crippen LogP contribution in [-0.2, 0) is 9.53 Å². The average Bonchev–Trinajstić information content (AvgIpc) is 2.89. The average molecular weight is 276 g/mol. The number of hydrogen-bond donors (Lipinski definition) is 1. The van der Waals surface area contributed by atoms with Crippen molar-refractivity contribution in [2.75, 3.05) is 26.2 Å². The van der Waals surface area contributed by atoms with Crippen molar-refractivity contribution >= 4 is 5.78 Å². The zero-order valence-corrected chi connectivity index (χ0v) is 12.2. The molecule has 0 radical (unpaired) electrons. The molecule has 20 heavy (non-hydrogen) atoms. The second-order valence-electron chi connectivity index (χ2n) is 6.28. The summed E-state index contributed by atoms with van der Waals surface area (Å²) in [7, 11) is 0. The number of allylic oxidation sites excluding steroid dienone is 1. The Hall–Kier alpha value is -1.13. The SMILES string of the molecule is CC1=C2COC=C2CC(=O)C1CCN1CCC(N)CC1. The summed E-state index contributed by atoms with van der Waals surface area (Å²) in [6.45, 7) is 5.92. The van der Waals surface area contributed by atoms with Crippen LogP contribution in [0.2, 0.25) is 0 Å². The van der Waals surface area contributed by atoms with Crippen LogP contribution >= 0.6 is 0 Å². The van der Waals surface area contributed by atoms with Gasteiger partial charge in [0.2, 0.25) is 0 Å². The molecule has 110 valence electrons. The number of likely N-dealkylation sites (tertiary alicyclic amines) is 1. The van der Waals surface area contributed by atoms with Gasteiger partial charge in [-0.05, 0) is 51.4 Å². The molecular formula is C16H24N2O2. The molecule has 4 heteroatoms. The van der Waals surface area contributed by atoms with Crippen molar-refractivity contribution in [2.45, 2.75) is 38.6 Å². The van der Waals surface area contributed by atoms with Crippen LogP contribution in [0, 0.1) is 5.92 Å². The van der Waals surface area contributed by atoms with Gasteiger partial charge >= 0.3 is 0 Å². The van der Waals surface area contributed by atoms with E-state index in [9.17, 15) is 4.79 Å². The molecular weight excluding hydrogens is 252 g/mol. The molecule has 0 aromatic rings. The van der Waals surface area contributed by atoms with Crippen LogP contribution < -0.4 is 5.73 Å². The fourth-order valence-electron chi connectivity index (χ4n) is 3.53. The van der Waals surface area contributed by atoms with E-state index in [1.807, 2.05) is 0 Å². The summed E-state index contributed by atoms with van der Waals surface area (Å²) in [5.74, 6) is 0.455. The molecule has 3 rings (SSSR count). The lowest BCUT2D eigenvalue weighted by Crippen LogP contribution is -2.41. The maximum absolute atomic E-state index is 12.3. The fourth-order valence-corrected chi connectivity index (χ4v) is 3.53. The molecule has 2 N–H and O–H groups in total. The first-order valence-corrected chi connectivity index (χ1v) is 7.66. The lowest BCUT2D eigenvalue weighted by atomic mass is 9.79. The third kappa shape index (κ3) is 2.67. The van der Waals surface area contributed by atoms with E-state index in [1.165, 1.54) is 11.1 Å². The molecule has 0 aromatic heterocycles. The predicted molar refractivity (Wildman–Crippen MR) is 78.1 cm³/mol. The number of Topliss-reactive ketones (excluding diaryl/α,β-unsaturated/α-hetero) is 1. The van der Waals surface area contributed by atoms with Gasteiger partial charge in [-0.15, -0.1) is 0 Å². The maximum atomic E-state index is 12.3. The number of fused-ring (bicyclic) bond motifs is 1. The van der Waals surface area contributed by atoms with Gasteiger partial charge < -0.3 is 15.4 Å². The van der Waals surface area contributed by atoms with Crippen molar-refractivity contribution in [3.05, 3.63) is 23.0 Å². The number of piperidine rings is 1. The molecule has 3 aliphatic rings. The van der Waals surface area contributed by atoms with E-state index in [0.29, 0.717) is 24.9 Å². The van der Waals surface area contributed by atoms with E-state index in [0.717, 1.165) is 44.5 Å². The van der Waals surface area contributed by atoms with Gasteiger partial charge in [0.15, 0.2) is 0 Å². The molecule has 2 aliphatic heterocycles. The van der Waals surface area contributed by atoms with Crippen LogP contribution in [-0.4, -0.2) is 43.0 Å². The second-order valence-corrected chi connectivity index (χ2v) is 6.28. The first-order chi connectivity index (χ1) is 9.65. The standard InChI is InChI=1S/C16H24N2O2/c1-11-14(4-7-18-5-2-13(17)3-6-18)16(19)8-12-9-20-10-15(11)12/h9,13-14H,2-8,10,17H2,1H3. The van der Waals surface area contributed by atoms with E-state index in [4.69, 9.17) is 10.5 Å². The molecule has 0 amide bonds. The number of ketones is 1. The summed E-state index contributed by atoms with van der Waals surface area (Å²) in [6.07, 6.45) is 5.43. The number of hydrogen-bond acceptors (Lipinski definition) is 4. The molecule has 2 heterocycles. The van der Waals surface area contributed by atoms with Gasteiger partial charge in [-0.2, -0.15) is 0 Å². The summed E-state index contributed by atoms with van der Waals surface area (Å²) < 4.78 is 5.37. The van der Waals surface area contributed by atoms with E-state index < -0.39 is 0 Å². The Kier molecular flexibility index (Phi) is 3.94. The number of carbonyl (C=O) groups is 1. The van der Waals surface area contributed by atoms with Crippen LogP contribution in [0.5, 0.6) is 0 Å². The first-order valence-electron chi connectivity index (χ1n) is 7.66. The molecule has 0 saturated carbocycles. The Bertz CT molecular complexity index is 459. The smallest absolute Gasteiger partial charge is 0.144 e. The molecule has 4 nitrogen and oxygen atoms in total. The lowest BCUT2D eigenvalue weighted by molar-refractivity contribution is -0.121. The van der Waals surface area contributed by atoms with Crippen LogP contribution in [0.4, 0.5) is 0 Å². The topological polar surface area (TPSA) is 55.6 Å². The van der Waals surface area contributed by atoms with E-state index >= 15 is 0 Å². The number of ether oxygens (including phenoxy) is 1. The van der Waals surface area contributed by atoms with Gasteiger partial charge in [0.25, 0.3) is 0 Å². The van der Waals surface area contributed by atoms with Crippen LogP contribution in [0.1, 0.15) is 32.6 Å².